The minimum atomic E-state index is -0.401. The largest absolute Gasteiger partial charge is 0.483 e. The van der Waals surface area contributed by atoms with Gasteiger partial charge in [0.05, 0.1) is 0 Å². The lowest BCUT2D eigenvalue weighted by Crippen LogP contribution is -2.27. The Morgan fingerprint density at radius 3 is 2.79 bits per heavy atom. The van der Waals surface area contributed by atoms with Crippen molar-refractivity contribution in [1.82, 2.24) is 0 Å². The summed E-state index contributed by atoms with van der Waals surface area (Å²) in [6, 6.07) is 6.52. The average Bonchev–Trinajstić information content (AvgIpc) is 2.73. The third-order valence-corrected chi connectivity index (χ3v) is 3.23. The molecule has 1 atom stereocenters. The molecule has 0 spiro atoms. The fraction of sp³-hybridized carbons (Fsp3) is 0.286. The van der Waals surface area contributed by atoms with Crippen molar-refractivity contribution in [3.63, 3.8) is 0 Å². The van der Waals surface area contributed by atoms with Gasteiger partial charge in [-0.15, -0.1) is 0 Å². The summed E-state index contributed by atoms with van der Waals surface area (Å²) < 4.78 is 10.9. The zero-order valence-electron chi connectivity index (χ0n) is 10.6. The van der Waals surface area contributed by atoms with Crippen LogP contribution in [0.4, 0.5) is 0 Å². The van der Waals surface area contributed by atoms with Crippen LogP contribution in [0.3, 0.4) is 0 Å². The molecule has 3 rings (SSSR count). The lowest BCUT2D eigenvalue weighted by molar-refractivity contribution is 0.222. The molecule has 0 aliphatic carbocycles. The first-order chi connectivity index (χ1) is 9.10. The second-order valence-electron chi connectivity index (χ2n) is 4.91. The van der Waals surface area contributed by atoms with Crippen molar-refractivity contribution < 1.29 is 14.4 Å². The maximum Gasteiger partial charge on any atom is 0.336 e. The normalized spacial score (nSPS) is 19.9. The molecule has 1 aliphatic rings. The van der Waals surface area contributed by atoms with E-state index in [2.05, 4.69) is 5.16 Å². The number of ether oxygens (including phenoxy) is 1. The summed E-state index contributed by atoms with van der Waals surface area (Å²) in [6.45, 7) is 3.98. The number of nitrogens with zero attached hydrogens (tertiary/aromatic N) is 1. The minimum absolute atomic E-state index is 0.174. The van der Waals surface area contributed by atoms with Crippen LogP contribution in [0.2, 0.25) is 0 Å². The molecule has 0 amide bonds. The van der Waals surface area contributed by atoms with Gasteiger partial charge >= 0.3 is 5.63 Å². The van der Waals surface area contributed by atoms with Gasteiger partial charge in [-0.1, -0.05) is 19.0 Å². The van der Waals surface area contributed by atoms with Crippen LogP contribution in [-0.2, 0) is 0 Å². The predicted molar refractivity (Wildman–Crippen MR) is 70.1 cm³/mol. The molecule has 5 nitrogen and oxygen atoms in total. The van der Waals surface area contributed by atoms with E-state index in [1.165, 1.54) is 6.07 Å². The Morgan fingerprint density at radius 2 is 2.11 bits per heavy atom. The number of hydrogen-bond donors (Lipinski definition) is 1. The summed E-state index contributed by atoms with van der Waals surface area (Å²) in [5, 5.41) is 13.3. The highest BCUT2D eigenvalue weighted by Gasteiger charge is 2.33. The average molecular weight is 259 g/mol. The number of rotatable bonds is 1. The summed E-state index contributed by atoms with van der Waals surface area (Å²) in [7, 11) is 0. The predicted octanol–water partition coefficient (Wildman–Crippen LogP) is 2.39. The smallest absolute Gasteiger partial charge is 0.336 e. The van der Waals surface area contributed by atoms with E-state index < -0.39 is 5.63 Å². The monoisotopic (exact) mass is 259 g/mol. The van der Waals surface area contributed by atoms with Crippen LogP contribution >= 0.6 is 0 Å². The molecular formula is C14H13NO4. The molecule has 1 unspecified atom stereocenters. The summed E-state index contributed by atoms with van der Waals surface area (Å²) in [4.78, 5) is 11.2. The van der Waals surface area contributed by atoms with Crippen LogP contribution < -0.4 is 10.4 Å². The third kappa shape index (κ3) is 1.78. The van der Waals surface area contributed by atoms with E-state index in [0.29, 0.717) is 17.0 Å². The standard InChI is InChI=1S/C14H13NO4/c1-7(2)14-13(15-17)9-5-8-3-4-12(16)18-10(8)6-11(9)19-14/h3-7,14,17H,1-2H3/b15-13-. The summed E-state index contributed by atoms with van der Waals surface area (Å²) >= 11 is 0. The minimum Gasteiger partial charge on any atom is -0.483 e. The molecule has 0 fully saturated rings. The highest BCUT2D eigenvalue weighted by atomic mass is 16.5. The van der Waals surface area contributed by atoms with Gasteiger partial charge in [-0.3, -0.25) is 0 Å². The zero-order valence-corrected chi connectivity index (χ0v) is 10.6. The van der Waals surface area contributed by atoms with Crippen molar-refractivity contribution >= 4 is 16.7 Å². The quantitative estimate of drug-likeness (QED) is 0.485. The van der Waals surface area contributed by atoms with Crippen molar-refractivity contribution in [1.29, 1.82) is 0 Å². The van der Waals surface area contributed by atoms with Crippen LogP contribution in [-0.4, -0.2) is 17.0 Å². The van der Waals surface area contributed by atoms with Gasteiger partial charge in [-0.05, 0) is 18.1 Å². The Hall–Kier alpha value is -2.30. The van der Waals surface area contributed by atoms with Crippen molar-refractivity contribution in [2.24, 2.45) is 11.1 Å². The summed E-state index contributed by atoms with van der Waals surface area (Å²) in [5.74, 6) is 0.752. The zero-order chi connectivity index (χ0) is 13.6. The molecule has 0 saturated carbocycles. The maximum atomic E-state index is 11.2. The van der Waals surface area contributed by atoms with Gasteiger partial charge in [0.15, 0.2) is 0 Å². The van der Waals surface area contributed by atoms with E-state index in [4.69, 9.17) is 9.15 Å². The van der Waals surface area contributed by atoms with Crippen LogP contribution in [0.15, 0.2) is 38.6 Å². The third-order valence-electron chi connectivity index (χ3n) is 3.23. The fourth-order valence-electron chi connectivity index (χ4n) is 2.30. The highest BCUT2D eigenvalue weighted by Crippen LogP contribution is 2.35. The van der Waals surface area contributed by atoms with Gasteiger partial charge < -0.3 is 14.4 Å². The van der Waals surface area contributed by atoms with Gasteiger partial charge in [-0.2, -0.15) is 0 Å². The Kier molecular flexibility index (Phi) is 2.55. The van der Waals surface area contributed by atoms with Crippen molar-refractivity contribution in [3.05, 3.63) is 40.2 Å². The van der Waals surface area contributed by atoms with E-state index >= 15 is 0 Å². The van der Waals surface area contributed by atoms with Crippen LogP contribution in [0.5, 0.6) is 5.75 Å². The molecule has 1 aromatic heterocycles. The number of fused-ring (bicyclic) bond motifs is 2. The van der Waals surface area contributed by atoms with Gasteiger partial charge in [0.1, 0.15) is 23.1 Å². The topological polar surface area (TPSA) is 72.0 Å². The Balaban J connectivity index is 2.22. The van der Waals surface area contributed by atoms with Gasteiger partial charge in [0, 0.05) is 23.1 Å². The maximum absolute atomic E-state index is 11.2. The lowest BCUT2D eigenvalue weighted by atomic mass is 9.98. The van der Waals surface area contributed by atoms with E-state index in [0.717, 1.165) is 10.9 Å². The Labute approximate surface area is 109 Å². The Bertz CT molecular complexity index is 730. The van der Waals surface area contributed by atoms with Crippen molar-refractivity contribution in [2.45, 2.75) is 20.0 Å². The number of oxime groups is 1. The van der Waals surface area contributed by atoms with Crippen LogP contribution in [0.1, 0.15) is 19.4 Å². The van der Waals surface area contributed by atoms with E-state index in [9.17, 15) is 10.0 Å². The number of hydrogen-bond acceptors (Lipinski definition) is 5. The molecule has 0 saturated heterocycles. The van der Waals surface area contributed by atoms with Crippen LogP contribution in [0.25, 0.3) is 11.0 Å². The molecule has 1 aliphatic heterocycles. The van der Waals surface area contributed by atoms with Crippen molar-refractivity contribution in [2.75, 3.05) is 0 Å². The highest BCUT2D eigenvalue weighted by molar-refractivity contribution is 6.10. The van der Waals surface area contributed by atoms with E-state index in [1.54, 1.807) is 12.1 Å². The first-order valence-electron chi connectivity index (χ1n) is 6.07. The van der Waals surface area contributed by atoms with Crippen LogP contribution in [0, 0.1) is 5.92 Å². The fourth-order valence-corrected chi connectivity index (χ4v) is 2.30. The molecule has 2 heterocycles. The van der Waals surface area contributed by atoms with E-state index in [1.807, 2.05) is 19.9 Å². The second-order valence-corrected chi connectivity index (χ2v) is 4.91. The van der Waals surface area contributed by atoms with Crippen molar-refractivity contribution in [3.8, 4) is 5.75 Å². The molecular weight excluding hydrogens is 246 g/mol. The molecule has 1 aromatic carbocycles. The summed E-state index contributed by atoms with van der Waals surface area (Å²) in [5.41, 5.74) is 1.32. The molecule has 0 radical (unpaired) electrons. The Morgan fingerprint density at radius 1 is 1.32 bits per heavy atom. The molecule has 19 heavy (non-hydrogen) atoms. The SMILES string of the molecule is CC(C)C1Oc2cc3oc(=O)ccc3cc2/C1=N/O. The summed E-state index contributed by atoms with van der Waals surface area (Å²) in [6.07, 6.45) is -0.288. The molecule has 5 heteroatoms. The molecule has 98 valence electrons. The van der Waals surface area contributed by atoms with Gasteiger partial charge in [-0.25, -0.2) is 4.79 Å². The number of benzene rings is 1. The van der Waals surface area contributed by atoms with Gasteiger partial charge in [0.2, 0.25) is 0 Å². The molecule has 2 aromatic rings. The molecule has 1 N–H and O–H groups in total. The lowest BCUT2D eigenvalue weighted by Gasteiger charge is -2.14. The molecule has 0 bridgehead atoms. The van der Waals surface area contributed by atoms with Gasteiger partial charge in [0.25, 0.3) is 0 Å². The van der Waals surface area contributed by atoms with E-state index in [-0.39, 0.29) is 12.0 Å². The first-order valence-corrected chi connectivity index (χ1v) is 6.07. The first kappa shape index (κ1) is 11.8. The second kappa shape index (κ2) is 4.12.